The second kappa shape index (κ2) is 5.83. The Bertz CT molecular complexity index is 641. The SMILES string of the molecule is Cc1cccc(C(=O)Nc2cc(Cl)c(Cl)cc2Cl)c1. The monoisotopic (exact) mass is 313 g/mol. The Balaban J connectivity index is 2.27. The normalized spacial score (nSPS) is 10.3. The van der Waals surface area contributed by atoms with Gasteiger partial charge < -0.3 is 5.32 Å². The molecule has 1 amide bonds. The highest BCUT2D eigenvalue weighted by Crippen LogP contribution is 2.32. The zero-order valence-corrected chi connectivity index (χ0v) is 12.3. The lowest BCUT2D eigenvalue weighted by molar-refractivity contribution is 0.102. The van der Waals surface area contributed by atoms with Gasteiger partial charge >= 0.3 is 0 Å². The first kappa shape index (κ1) is 14.2. The van der Waals surface area contributed by atoms with Crippen molar-refractivity contribution in [1.82, 2.24) is 0 Å². The van der Waals surface area contributed by atoms with Crippen molar-refractivity contribution < 1.29 is 4.79 Å². The molecule has 0 bridgehead atoms. The van der Waals surface area contributed by atoms with E-state index in [1.807, 2.05) is 19.1 Å². The second-order valence-corrected chi connectivity index (χ2v) is 5.29. The van der Waals surface area contributed by atoms with Crippen LogP contribution in [0.3, 0.4) is 0 Å². The fraction of sp³-hybridized carbons (Fsp3) is 0.0714. The number of hydrogen-bond donors (Lipinski definition) is 1. The highest BCUT2D eigenvalue weighted by molar-refractivity contribution is 6.44. The summed E-state index contributed by atoms with van der Waals surface area (Å²) >= 11 is 17.7. The minimum Gasteiger partial charge on any atom is -0.321 e. The summed E-state index contributed by atoms with van der Waals surface area (Å²) in [7, 11) is 0. The van der Waals surface area contributed by atoms with E-state index < -0.39 is 0 Å². The number of amides is 1. The van der Waals surface area contributed by atoms with Crippen LogP contribution in [0.5, 0.6) is 0 Å². The van der Waals surface area contributed by atoms with Gasteiger partial charge in [-0.1, -0.05) is 52.5 Å². The molecule has 0 fully saturated rings. The maximum Gasteiger partial charge on any atom is 0.255 e. The van der Waals surface area contributed by atoms with Crippen molar-refractivity contribution in [3.05, 3.63) is 62.6 Å². The lowest BCUT2D eigenvalue weighted by atomic mass is 10.1. The number of aryl methyl sites for hydroxylation is 1. The lowest BCUT2D eigenvalue weighted by Crippen LogP contribution is -2.12. The van der Waals surface area contributed by atoms with E-state index in [1.165, 1.54) is 12.1 Å². The number of carbonyl (C=O) groups is 1. The molecule has 0 unspecified atom stereocenters. The van der Waals surface area contributed by atoms with Gasteiger partial charge in [0.05, 0.1) is 20.8 Å². The summed E-state index contributed by atoms with van der Waals surface area (Å²) in [4.78, 5) is 12.1. The van der Waals surface area contributed by atoms with E-state index in [0.717, 1.165) is 5.56 Å². The van der Waals surface area contributed by atoms with Gasteiger partial charge in [-0.2, -0.15) is 0 Å². The van der Waals surface area contributed by atoms with E-state index in [-0.39, 0.29) is 5.91 Å². The van der Waals surface area contributed by atoms with Crippen LogP contribution in [-0.2, 0) is 0 Å². The second-order valence-electron chi connectivity index (χ2n) is 4.07. The molecule has 0 aliphatic heterocycles. The summed E-state index contributed by atoms with van der Waals surface area (Å²) in [5.74, 6) is -0.246. The van der Waals surface area contributed by atoms with Crippen LogP contribution in [0, 0.1) is 6.92 Å². The molecular formula is C14H10Cl3NO. The van der Waals surface area contributed by atoms with Crippen LogP contribution >= 0.6 is 34.8 Å². The number of halogens is 3. The van der Waals surface area contributed by atoms with Gasteiger partial charge in [-0.15, -0.1) is 0 Å². The van der Waals surface area contributed by atoms with Gasteiger partial charge in [-0.05, 0) is 31.2 Å². The molecule has 2 nitrogen and oxygen atoms in total. The van der Waals surface area contributed by atoms with E-state index in [9.17, 15) is 4.79 Å². The number of hydrogen-bond acceptors (Lipinski definition) is 1. The Morgan fingerprint density at radius 2 is 1.68 bits per heavy atom. The highest BCUT2D eigenvalue weighted by atomic mass is 35.5. The van der Waals surface area contributed by atoms with Crippen molar-refractivity contribution in [3.8, 4) is 0 Å². The number of benzene rings is 2. The van der Waals surface area contributed by atoms with E-state index in [2.05, 4.69) is 5.32 Å². The van der Waals surface area contributed by atoms with Crippen LogP contribution in [0.1, 0.15) is 15.9 Å². The summed E-state index contributed by atoms with van der Waals surface area (Å²) in [6, 6.07) is 10.3. The third-order valence-corrected chi connectivity index (χ3v) is 3.57. The molecule has 0 heterocycles. The van der Waals surface area contributed by atoms with Crippen LogP contribution in [-0.4, -0.2) is 5.91 Å². The van der Waals surface area contributed by atoms with Crippen LogP contribution in [0.15, 0.2) is 36.4 Å². The van der Waals surface area contributed by atoms with Crippen LogP contribution in [0.25, 0.3) is 0 Å². The van der Waals surface area contributed by atoms with Crippen molar-refractivity contribution >= 4 is 46.4 Å². The molecule has 0 spiro atoms. The molecule has 1 N–H and O–H groups in total. The maximum absolute atomic E-state index is 12.1. The van der Waals surface area contributed by atoms with Gasteiger partial charge in [0, 0.05) is 5.56 Å². The maximum atomic E-state index is 12.1. The first-order chi connectivity index (χ1) is 8.97. The average molecular weight is 315 g/mol. The predicted molar refractivity (Wildman–Crippen MR) is 80.6 cm³/mol. The Labute approximate surface area is 126 Å². The summed E-state index contributed by atoms with van der Waals surface area (Å²) in [5, 5.41) is 3.74. The minimum absolute atomic E-state index is 0.246. The molecule has 0 atom stereocenters. The number of rotatable bonds is 2. The first-order valence-corrected chi connectivity index (χ1v) is 6.63. The molecule has 0 saturated carbocycles. The van der Waals surface area contributed by atoms with Crippen molar-refractivity contribution in [2.45, 2.75) is 6.92 Å². The fourth-order valence-corrected chi connectivity index (χ4v) is 2.19. The van der Waals surface area contributed by atoms with Crippen LogP contribution in [0.4, 0.5) is 5.69 Å². The molecule has 0 aliphatic rings. The summed E-state index contributed by atoms with van der Waals surface area (Å²) in [5.41, 5.74) is 2.00. The molecule has 0 saturated heterocycles. The lowest BCUT2D eigenvalue weighted by Gasteiger charge is -2.09. The zero-order valence-electron chi connectivity index (χ0n) is 10.0. The van der Waals surface area contributed by atoms with E-state index in [1.54, 1.807) is 12.1 Å². The average Bonchev–Trinajstić information content (AvgIpc) is 2.36. The quantitative estimate of drug-likeness (QED) is 0.758. The Hall–Kier alpha value is -1.22. The molecule has 5 heteroatoms. The van der Waals surface area contributed by atoms with E-state index in [4.69, 9.17) is 34.8 Å². The fourth-order valence-electron chi connectivity index (χ4n) is 1.60. The van der Waals surface area contributed by atoms with Crippen molar-refractivity contribution in [2.75, 3.05) is 5.32 Å². The standard InChI is InChI=1S/C14H10Cl3NO/c1-8-3-2-4-9(5-8)14(19)18-13-7-11(16)10(15)6-12(13)17/h2-7H,1H3,(H,18,19). The first-order valence-electron chi connectivity index (χ1n) is 5.50. The van der Waals surface area contributed by atoms with Gasteiger partial charge in [0.15, 0.2) is 0 Å². The Morgan fingerprint density at radius 3 is 2.37 bits per heavy atom. The molecular weight excluding hydrogens is 305 g/mol. The molecule has 0 aromatic heterocycles. The zero-order chi connectivity index (χ0) is 14.0. The number of nitrogens with one attached hydrogen (secondary N) is 1. The smallest absolute Gasteiger partial charge is 0.255 e. The van der Waals surface area contributed by atoms with Crippen LogP contribution < -0.4 is 5.32 Å². The molecule has 0 radical (unpaired) electrons. The number of anilines is 1. The van der Waals surface area contributed by atoms with Gasteiger partial charge in [0.2, 0.25) is 0 Å². The molecule has 98 valence electrons. The third-order valence-electron chi connectivity index (χ3n) is 2.54. The number of carbonyl (C=O) groups excluding carboxylic acids is 1. The third kappa shape index (κ3) is 3.41. The van der Waals surface area contributed by atoms with Gasteiger partial charge in [0.1, 0.15) is 0 Å². The largest absolute Gasteiger partial charge is 0.321 e. The summed E-state index contributed by atoms with van der Waals surface area (Å²) in [6.07, 6.45) is 0. The van der Waals surface area contributed by atoms with Gasteiger partial charge in [0.25, 0.3) is 5.91 Å². The highest BCUT2D eigenvalue weighted by Gasteiger charge is 2.11. The molecule has 0 aliphatic carbocycles. The Kier molecular flexibility index (Phi) is 4.35. The van der Waals surface area contributed by atoms with Gasteiger partial charge in [-0.3, -0.25) is 4.79 Å². The summed E-state index contributed by atoms with van der Waals surface area (Å²) in [6.45, 7) is 1.92. The van der Waals surface area contributed by atoms with Crippen molar-refractivity contribution in [1.29, 1.82) is 0 Å². The van der Waals surface area contributed by atoms with E-state index >= 15 is 0 Å². The van der Waals surface area contributed by atoms with Crippen LogP contribution in [0.2, 0.25) is 15.1 Å². The molecule has 19 heavy (non-hydrogen) atoms. The minimum atomic E-state index is -0.246. The molecule has 2 aromatic carbocycles. The molecule has 2 rings (SSSR count). The topological polar surface area (TPSA) is 29.1 Å². The van der Waals surface area contributed by atoms with Gasteiger partial charge in [-0.25, -0.2) is 0 Å². The van der Waals surface area contributed by atoms with Crippen molar-refractivity contribution in [2.24, 2.45) is 0 Å². The Morgan fingerprint density at radius 1 is 1.00 bits per heavy atom. The van der Waals surface area contributed by atoms with Crippen molar-refractivity contribution in [3.63, 3.8) is 0 Å². The molecule has 2 aromatic rings. The van der Waals surface area contributed by atoms with E-state index in [0.29, 0.717) is 26.3 Å². The summed E-state index contributed by atoms with van der Waals surface area (Å²) < 4.78 is 0. The predicted octanol–water partition coefficient (Wildman–Crippen LogP) is 5.21.